The van der Waals surface area contributed by atoms with Gasteiger partial charge in [-0.25, -0.2) is 0 Å². The van der Waals surface area contributed by atoms with E-state index in [0.29, 0.717) is 0 Å². The van der Waals surface area contributed by atoms with Gasteiger partial charge in [-0.1, -0.05) is 19.4 Å². The van der Waals surface area contributed by atoms with Crippen molar-refractivity contribution >= 4 is 5.90 Å². The molecule has 0 amide bonds. The predicted octanol–water partition coefficient (Wildman–Crippen LogP) is 2.80. The molecule has 0 bridgehead atoms. The third-order valence-corrected chi connectivity index (χ3v) is 1.57. The molecule has 0 aromatic carbocycles. The zero-order valence-corrected chi connectivity index (χ0v) is 8.55. The average molecular weight is 169 g/mol. The number of rotatable bonds is 4. The van der Waals surface area contributed by atoms with E-state index in [1.165, 1.54) is 6.42 Å². The molecule has 0 radical (unpaired) electrons. The molecule has 0 fully saturated rings. The fraction of sp³-hybridized carbons (Fsp3) is 0.700. The highest BCUT2D eigenvalue weighted by Gasteiger charge is 1.98. The van der Waals surface area contributed by atoms with Crippen LogP contribution >= 0.6 is 0 Å². The Hall–Kier alpha value is -0.790. The molecule has 0 aromatic heterocycles. The van der Waals surface area contributed by atoms with Crippen molar-refractivity contribution in [3.63, 3.8) is 0 Å². The van der Waals surface area contributed by atoms with Gasteiger partial charge >= 0.3 is 0 Å². The highest BCUT2D eigenvalue weighted by Crippen LogP contribution is 2.01. The van der Waals surface area contributed by atoms with Crippen LogP contribution in [0.1, 0.15) is 33.6 Å². The maximum atomic E-state index is 5.13. The van der Waals surface area contributed by atoms with Gasteiger partial charge in [-0.15, -0.1) is 0 Å². The van der Waals surface area contributed by atoms with E-state index >= 15 is 0 Å². The van der Waals surface area contributed by atoms with E-state index in [2.05, 4.69) is 18.0 Å². The van der Waals surface area contributed by atoms with Crippen molar-refractivity contribution in [2.75, 3.05) is 13.7 Å². The van der Waals surface area contributed by atoms with Crippen molar-refractivity contribution in [3.05, 3.63) is 11.6 Å². The van der Waals surface area contributed by atoms with E-state index in [4.69, 9.17) is 4.74 Å². The Morgan fingerprint density at radius 2 is 2.08 bits per heavy atom. The van der Waals surface area contributed by atoms with E-state index < -0.39 is 0 Å². The van der Waals surface area contributed by atoms with Crippen LogP contribution in [0.5, 0.6) is 0 Å². The fourth-order valence-corrected chi connectivity index (χ4v) is 0.942. The van der Waals surface area contributed by atoms with Gasteiger partial charge in [0.2, 0.25) is 5.90 Å². The van der Waals surface area contributed by atoms with Crippen molar-refractivity contribution in [1.82, 2.24) is 0 Å². The van der Waals surface area contributed by atoms with E-state index in [1.807, 2.05) is 13.8 Å². The van der Waals surface area contributed by atoms with Crippen LogP contribution in [0.15, 0.2) is 16.6 Å². The molecule has 0 atom stereocenters. The Kier molecular flexibility index (Phi) is 6.44. The molecule has 0 rings (SSSR count). The van der Waals surface area contributed by atoms with Crippen molar-refractivity contribution in [2.45, 2.75) is 33.6 Å². The van der Waals surface area contributed by atoms with Gasteiger partial charge < -0.3 is 4.74 Å². The molecular formula is C10H19NO. The highest BCUT2D eigenvalue weighted by atomic mass is 16.5. The summed E-state index contributed by atoms with van der Waals surface area (Å²) in [6.45, 7) is 6.98. The first kappa shape index (κ1) is 11.2. The first-order valence-electron chi connectivity index (χ1n) is 4.51. The Bertz CT molecular complexity index is 171. The second kappa shape index (κ2) is 6.89. The summed E-state index contributed by atoms with van der Waals surface area (Å²) in [5.74, 6) is 0.769. The van der Waals surface area contributed by atoms with Gasteiger partial charge in [-0.05, 0) is 20.3 Å². The molecule has 0 heterocycles. The van der Waals surface area contributed by atoms with Crippen molar-refractivity contribution in [1.29, 1.82) is 0 Å². The smallest absolute Gasteiger partial charge is 0.210 e. The molecule has 0 saturated carbocycles. The normalized spacial score (nSPS) is 13.3. The Balaban J connectivity index is 4.20. The van der Waals surface area contributed by atoms with Gasteiger partial charge in [0.25, 0.3) is 0 Å². The summed E-state index contributed by atoms with van der Waals surface area (Å²) >= 11 is 0. The Morgan fingerprint density at radius 3 is 2.50 bits per heavy atom. The topological polar surface area (TPSA) is 21.6 Å². The molecule has 2 nitrogen and oxygen atoms in total. The van der Waals surface area contributed by atoms with Gasteiger partial charge in [0.05, 0.1) is 7.11 Å². The lowest BCUT2D eigenvalue weighted by Crippen LogP contribution is -2.03. The molecule has 0 aliphatic carbocycles. The van der Waals surface area contributed by atoms with E-state index in [0.717, 1.165) is 24.4 Å². The number of nitrogens with zero attached hydrogens (tertiary/aromatic N) is 1. The first-order chi connectivity index (χ1) is 5.76. The van der Waals surface area contributed by atoms with Crippen LogP contribution in [0, 0.1) is 0 Å². The molecule has 0 aliphatic rings. The third-order valence-electron chi connectivity index (χ3n) is 1.57. The summed E-state index contributed by atoms with van der Waals surface area (Å²) < 4.78 is 5.13. The monoisotopic (exact) mass is 169 g/mol. The standard InChI is InChI=1S/C10H19NO/c1-5-7-8-9(3)10(12-4)11-6-2/h8H,5-7H2,1-4H3/b9-8+,11-10-. The van der Waals surface area contributed by atoms with Crippen LogP contribution in [0.2, 0.25) is 0 Å². The van der Waals surface area contributed by atoms with Crippen molar-refractivity contribution < 1.29 is 4.74 Å². The summed E-state index contributed by atoms with van der Waals surface area (Å²) in [6, 6.07) is 0. The minimum atomic E-state index is 0.769. The number of unbranched alkanes of at least 4 members (excludes halogenated alkanes) is 1. The van der Waals surface area contributed by atoms with Crippen LogP contribution in [0.3, 0.4) is 0 Å². The lowest BCUT2D eigenvalue weighted by Gasteiger charge is -2.03. The number of aliphatic imine (C=N–C) groups is 1. The summed E-state index contributed by atoms with van der Waals surface area (Å²) in [4.78, 5) is 4.22. The minimum Gasteiger partial charge on any atom is -0.481 e. The molecule has 2 heteroatoms. The number of hydrogen-bond donors (Lipinski definition) is 0. The Morgan fingerprint density at radius 1 is 1.42 bits per heavy atom. The summed E-state index contributed by atoms with van der Waals surface area (Å²) in [6.07, 6.45) is 4.43. The maximum Gasteiger partial charge on any atom is 0.210 e. The van der Waals surface area contributed by atoms with E-state index in [9.17, 15) is 0 Å². The van der Waals surface area contributed by atoms with Gasteiger partial charge in [-0.3, -0.25) is 4.99 Å². The second-order valence-electron chi connectivity index (χ2n) is 2.66. The van der Waals surface area contributed by atoms with Crippen LogP contribution < -0.4 is 0 Å². The summed E-state index contributed by atoms with van der Waals surface area (Å²) in [5, 5.41) is 0. The lowest BCUT2D eigenvalue weighted by molar-refractivity contribution is 0.401. The number of methoxy groups -OCH3 is 1. The summed E-state index contributed by atoms with van der Waals surface area (Å²) in [7, 11) is 1.66. The van der Waals surface area contributed by atoms with E-state index in [-0.39, 0.29) is 0 Å². The number of ether oxygens (including phenoxy) is 1. The molecular weight excluding hydrogens is 150 g/mol. The molecule has 0 aliphatic heterocycles. The molecule has 0 aromatic rings. The van der Waals surface area contributed by atoms with Gasteiger partial charge in [-0.2, -0.15) is 0 Å². The molecule has 70 valence electrons. The molecule has 12 heavy (non-hydrogen) atoms. The fourth-order valence-electron chi connectivity index (χ4n) is 0.942. The number of hydrogen-bond acceptors (Lipinski definition) is 2. The molecule has 0 saturated heterocycles. The minimum absolute atomic E-state index is 0.769. The van der Waals surface area contributed by atoms with Crippen molar-refractivity contribution in [3.8, 4) is 0 Å². The first-order valence-corrected chi connectivity index (χ1v) is 4.51. The predicted molar refractivity (Wildman–Crippen MR) is 53.7 cm³/mol. The lowest BCUT2D eigenvalue weighted by atomic mass is 10.2. The van der Waals surface area contributed by atoms with Crippen LogP contribution in [0.4, 0.5) is 0 Å². The van der Waals surface area contributed by atoms with Crippen LogP contribution in [-0.2, 0) is 4.74 Å². The van der Waals surface area contributed by atoms with Crippen LogP contribution in [0.25, 0.3) is 0 Å². The van der Waals surface area contributed by atoms with Gasteiger partial charge in [0.15, 0.2) is 0 Å². The zero-order chi connectivity index (χ0) is 9.40. The molecule has 0 unspecified atom stereocenters. The third kappa shape index (κ3) is 4.16. The van der Waals surface area contributed by atoms with Crippen molar-refractivity contribution in [2.24, 2.45) is 4.99 Å². The Labute approximate surface area is 75.3 Å². The number of allylic oxidation sites excluding steroid dienone is 1. The van der Waals surface area contributed by atoms with Gasteiger partial charge in [0, 0.05) is 12.1 Å². The molecule has 0 N–H and O–H groups in total. The average Bonchev–Trinajstić information content (AvgIpc) is 2.10. The SMILES string of the molecule is CCC/C=C(C)/C(=N/CC)OC. The second-order valence-corrected chi connectivity index (χ2v) is 2.66. The maximum absolute atomic E-state index is 5.13. The van der Waals surface area contributed by atoms with Gasteiger partial charge in [0.1, 0.15) is 0 Å². The zero-order valence-electron chi connectivity index (χ0n) is 8.55. The molecule has 0 spiro atoms. The highest BCUT2D eigenvalue weighted by molar-refractivity contribution is 5.92. The largest absolute Gasteiger partial charge is 0.481 e. The summed E-state index contributed by atoms with van der Waals surface area (Å²) in [5.41, 5.74) is 1.14. The van der Waals surface area contributed by atoms with E-state index in [1.54, 1.807) is 7.11 Å². The quantitative estimate of drug-likeness (QED) is 0.468. The van der Waals surface area contributed by atoms with Crippen LogP contribution in [-0.4, -0.2) is 19.6 Å².